The molecule has 2 atom stereocenters. The molecule has 1 amide bonds. The maximum Gasteiger partial charge on any atom is 0.324 e. The molecule has 2 aromatic rings. The lowest BCUT2D eigenvalue weighted by atomic mass is 9.90. The predicted molar refractivity (Wildman–Crippen MR) is 123 cm³/mol. The van der Waals surface area contributed by atoms with Crippen LogP contribution in [0.3, 0.4) is 0 Å². The van der Waals surface area contributed by atoms with Gasteiger partial charge in [0.2, 0.25) is 5.91 Å². The van der Waals surface area contributed by atoms with Gasteiger partial charge < -0.3 is 23.8 Å². The van der Waals surface area contributed by atoms with Crippen molar-refractivity contribution in [3.63, 3.8) is 0 Å². The predicted octanol–water partition coefficient (Wildman–Crippen LogP) is 3.59. The highest BCUT2D eigenvalue weighted by Gasteiger charge is 2.43. The van der Waals surface area contributed by atoms with Gasteiger partial charge in [-0.25, -0.2) is 8.78 Å². The van der Waals surface area contributed by atoms with E-state index in [-0.39, 0.29) is 23.6 Å². The number of hydrogen-bond acceptors (Lipinski definition) is 7. The molecule has 3 fully saturated rings. The van der Waals surface area contributed by atoms with Crippen LogP contribution in [-0.2, 0) is 22.6 Å². The second-order valence-electron chi connectivity index (χ2n) is 9.82. The minimum absolute atomic E-state index is 0.179. The van der Waals surface area contributed by atoms with Crippen molar-refractivity contribution in [1.29, 1.82) is 0 Å². The highest BCUT2D eigenvalue weighted by Crippen LogP contribution is 2.50. The zero-order valence-corrected chi connectivity index (χ0v) is 20.0. The van der Waals surface area contributed by atoms with E-state index in [2.05, 4.69) is 15.0 Å². The van der Waals surface area contributed by atoms with Crippen LogP contribution >= 0.6 is 0 Å². The first-order valence-electron chi connectivity index (χ1n) is 12.5. The molecular formula is C25H32F2N4O4. The Morgan fingerprint density at radius 3 is 2.57 bits per heavy atom. The topological polar surface area (TPSA) is 80.9 Å². The Morgan fingerprint density at radius 2 is 1.91 bits per heavy atom. The van der Waals surface area contributed by atoms with Crippen molar-refractivity contribution < 1.29 is 27.6 Å². The third kappa shape index (κ3) is 5.58. The lowest BCUT2D eigenvalue weighted by Crippen LogP contribution is -2.43. The molecule has 3 heterocycles. The number of likely N-dealkylation sites (tertiary alicyclic amines) is 1. The van der Waals surface area contributed by atoms with Gasteiger partial charge in [0.1, 0.15) is 24.0 Å². The summed E-state index contributed by atoms with van der Waals surface area (Å²) in [5, 5.41) is 3.93. The fraction of sp³-hybridized carbons (Fsp3) is 0.640. The second kappa shape index (κ2) is 10.5. The second-order valence-corrected chi connectivity index (χ2v) is 9.82. The van der Waals surface area contributed by atoms with E-state index in [1.165, 1.54) is 18.6 Å². The van der Waals surface area contributed by atoms with Crippen LogP contribution in [0.25, 0.3) is 0 Å². The van der Waals surface area contributed by atoms with Crippen LogP contribution in [0.5, 0.6) is 5.75 Å². The number of carbonyl (C=O) groups excluding carboxylic acids is 1. The quantitative estimate of drug-likeness (QED) is 0.504. The van der Waals surface area contributed by atoms with Crippen molar-refractivity contribution in [2.45, 2.75) is 45.1 Å². The van der Waals surface area contributed by atoms with Gasteiger partial charge in [-0.3, -0.25) is 4.79 Å². The van der Waals surface area contributed by atoms with Crippen molar-refractivity contribution in [2.24, 2.45) is 17.8 Å². The molecule has 35 heavy (non-hydrogen) atoms. The molecule has 10 heteroatoms. The Labute approximate surface area is 203 Å². The molecule has 0 bridgehead atoms. The van der Waals surface area contributed by atoms with Gasteiger partial charge in [0, 0.05) is 51.0 Å². The molecule has 1 saturated carbocycles. The first kappa shape index (κ1) is 24.0. The molecule has 190 valence electrons. The molecule has 1 aliphatic carbocycles. The molecule has 2 aliphatic heterocycles. The number of carbonyl (C=O) groups is 1. The van der Waals surface area contributed by atoms with E-state index in [1.54, 1.807) is 12.0 Å². The number of halogens is 2. The Hall–Kier alpha value is -2.75. The zero-order chi connectivity index (χ0) is 24.4. The van der Waals surface area contributed by atoms with Gasteiger partial charge in [-0.1, -0.05) is 5.16 Å². The first-order valence-corrected chi connectivity index (χ1v) is 12.5. The molecule has 0 radical (unpaired) electrons. The van der Waals surface area contributed by atoms with E-state index >= 15 is 0 Å². The van der Waals surface area contributed by atoms with Gasteiger partial charge >= 0.3 is 6.01 Å². The molecule has 8 nitrogen and oxygen atoms in total. The van der Waals surface area contributed by atoms with E-state index < -0.39 is 11.6 Å². The lowest BCUT2D eigenvalue weighted by Gasteiger charge is -2.31. The monoisotopic (exact) mass is 490 g/mol. The summed E-state index contributed by atoms with van der Waals surface area (Å²) >= 11 is 0. The molecule has 0 spiro atoms. The average Bonchev–Trinajstić information content (AvgIpc) is 3.42. The summed E-state index contributed by atoms with van der Waals surface area (Å²) in [4.78, 5) is 20.2. The Balaban J connectivity index is 1.04. The van der Waals surface area contributed by atoms with E-state index in [9.17, 15) is 13.6 Å². The summed E-state index contributed by atoms with van der Waals surface area (Å²) in [5.41, 5.74) is -0.182. The summed E-state index contributed by atoms with van der Waals surface area (Å²) in [7, 11) is 1.60. The van der Waals surface area contributed by atoms with E-state index in [0.717, 1.165) is 38.8 Å². The standard InChI is InChI=1S/C25H32F2N4O4/c1-33-15-23-28-25(35-29-23)31-8-3-16(4-9-31)19-11-17(19)5-10-34-18-12-21(26)20(22(27)13-18)14-24(32)30-6-2-7-30/h12-13,16-17,19H,2-11,14-15H2,1H3/t17-,19-/m1/s1. The molecular weight excluding hydrogens is 458 g/mol. The number of amides is 1. The third-order valence-corrected chi connectivity index (χ3v) is 7.53. The number of aromatic nitrogens is 2. The van der Waals surface area contributed by atoms with Crippen molar-refractivity contribution >= 4 is 11.9 Å². The summed E-state index contributed by atoms with van der Waals surface area (Å²) < 4.78 is 44.9. The first-order chi connectivity index (χ1) is 17.0. The molecule has 1 aromatic carbocycles. The number of methoxy groups -OCH3 is 1. The van der Waals surface area contributed by atoms with Crippen molar-refractivity contribution in [2.75, 3.05) is 44.8 Å². The van der Waals surface area contributed by atoms with E-state index in [0.29, 0.717) is 55.9 Å². The lowest BCUT2D eigenvalue weighted by molar-refractivity contribution is -0.133. The van der Waals surface area contributed by atoms with Crippen LogP contribution in [0.15, 0.2) is 16.7 Å². The number of hydrogen-bond donors (Lipinski definition) is 0. The normalized spacial score (nSPS) is 22.3. The van der Waals surface area contributed by atoms with Gasteiger partial charge in [0.25, 0.3) is 0 Å². The van der Waals surface area contributed by atoms with Gasteiger partial charge in [-0.2, -0.15) is 4.98 Å². The number of piperidine rings is 1. The molecule has 2 saturated heterocycles. The molecule has 0 unspecified atom stereocenters. The van der Waals surface area contributed by atoms with Crippen molar-refractivity contribution in [3.05, 3.63) is 35.2 Å². The fourth-order valence-corrected chi connectivity index (χ4v) is 5.25. The van der Waals surface area contributed by atoms with Crippen LogP contribution in [0.2, 0.25) is 0 Å². The maximum atomic E-state index is 14.4. The number of benzene rings is 1. The maximum absolute atomic E-state index is 14.4. The summed E-state index contributed by atoms with van der Waals surface area (Å²) in [6, 6.07) is 2.95. The SMILES string of the molecule is COCc1noc(N2CCC([C@H]3C[C@H]3CCOc3cc(F)c(CC(=O)N4CCC4)c(F)c3)CC2)n1. The van der Waals surface area contributed by atoms with Crippen LogP contribution in [0.4, 0.5) is 14.8 Å². The average molecular weight is 491 g/mol. The number of rotatable bonds is 10. The van der Waals surface area contributed by atoms with Crippen LogP contribution in [0.1, 0.15) is 43.5 Å². The molecule has 0 N–H and O–H groups in total. The Kier molecular flexibility index (Phi) is 7.17. The summed E-state index contributed by atoms with van der Waals surface area (Å²) in [5.74, 6) is 0.986. The fourth-order valence-electron chi connectivity index (χ4n) is 5.25. The highest BCUT2D eigenvalue weighted by molar-refractivity contribution is 5.79. The minimum Gasteiger partial charge on any atom is -0.493 e. The smallest absolute Gasteiger partial charge is 0.324 e. The van der Waals surface area contributed by atoms with Crippen LogP contribution < -0.4 is 9.64 Å². The van der Waals surface area contributed by atoms with Crippen LogP contribution in [0, 0.1) is 29.4 Å². The number of nitrogens with zero attached hydrogens (tertiary/aromatic N) is 4. The largest absolute Gasteiger partial charge is 0.493 e. The van der Waals surface area contributed by atoms with Gasteiger partial charge in [-0.15, -0.1) is 0 Å². The summed E-state index contributed by atoms with van der Waals surface area (Å²) in [6.45, 7) is 3.88. The third-order valence-electron chi connectivity index (χ3n) is 7.53. The minimum atomic E-state index is -0.722. The van der Waals surface area contributed by atoms with Crippen molar-refractivity contribution in [1.82, 2.24) is 15.0 Å². The molecule has 1 aromatic heterocycles. The van der Waals surface area contributed by atoms with E-state index in [1.807, 2.05) is 0 Å². The van der Waals surface area contributed by atoms with Gasteiger partial charge in [0.15, 0.2) is 5.82 Å². The number of anilines is 1. The molecule has 3 aliphatic rings. The Bertz CT molecular complexity index is 1010. The van der Waals surface area contributed by atoms with Crippen molar-refractivity contribution in [3.8, 4) is 5.75 Å². The highest BCUT2D eigenvalue weighted by atomic mass is 19.1. The zero-order valence-electron chi connectivity index (χ0n) is 20.0. The van der Waals surface area contributed by atoms with Gasteiger partial charge in [-0.05, 0) is 49.9 Å². The summed E-state index contributed by atoms with van der Waals surface area (Å²) in [6.07, 6.45) is 4.90. The van der Waals surface area contributed by atoms with E-state index in [4.69, 9.17) is 14.0 Å². The number of ether oxygens (including phenoxy) is 2. The van der Waals surface area contributed by atoms with Gasteiger partial charge in [0.05, 0.1) is 13.0 Å². The Morgan fingerprint density at radius 1 is 1.17 bits per heavy atom. The molecule has 5 rings (SSSR count). The van der Waals surface area contributed by atoms with Crippen LogP contribution in [-0.4, -0.2) is 60.8 Å².